The van der Waals surface area contributed by atoms with Gasteiger partial charge in [-0.15, -0.1) is 0 Å². The molecule has 0 saturated heterocycles. The van der Waals surface area contributed by atoms with Crippen LogP contribution in [0.1, 0.15) is 11.3 Å². The van der Waals surface area contributed by atoms with Crippen molar-refractivity contribution >= 4 is 27.6 Å². The predicted molar refractivity (Wildman–Crippen MR) is 68.9 cm³/mol. The van der Waals surface area contributed by atoms with E-state index in [-0.39, 0.29) is 0 Å². The molecule has 2 aromatic rings. The monoisotopic (exact) mass is 277 g/mol. The quantitative estimate of drug-likeness (QED) is 0.912. The Morgan fingerprint density at radius 2 is 2.00 bits per heavy atom. The molecule has 0 aliphatic heterocycles. The van der Waals surface area contributed by atoms with Gasteiger partial charge in [-0.1, -0.05) is 12.1 Å². The van der Waals surface area contributed by atoms with E-state index in [1.807, 2.05) is 38.1 Å². The highest BCUT2D eigenvalue weighted by Crippen LogP contribution is 2.27. The van der Waals surface area contributed by atoms with Crippen molar-refractivity contribution in [2.75, 3.05) is 5.32 Å². The minimum atomic E-state index is 0.620. The van der Waals surface area contributed by atoms with Crippen molar-refractivity contribution in [3.8, 4) is 0 Å². The summed E-state index contributed by atoms with van der Waals surface area (Å²) in [5.74, 6) is 0.620. The van der Waals surface area contributed by atoms with E-state index in [1.165, 1.54) is 0 Å². The Morgan fingerprint density at radius 3 is 2.69 bits per heavy atom. The molecule has 0 spiro atoms. The van der Waals surface area contributed by atoms with Gasteiger partial charge in [0.1, 0.15) is 0 Å². The molecule has 4 heteroatoms. The fourth-order valence-electron chi connectivity index (χ4n) is 1.41. The number of aryl methyl sites for hydroxylation is 2. The van der Waals surface area contributed by atoms with E-state index in [2.05, 4.69) is 31.2 Å². The van der Waals surface area contributed by atoms with E-state index in [0.29, 0.717) is 5.95 Å². The highest BCUT2D eigenvalue weighted by molar-refractivity contribution is 9.10. The van der Waals surface area contributed by atoms with Gasteiger partial charge in [0.25, 0.3) is 0 Å². The first-order chi connectivity index (χ1) is 7.66. The number of aromatic nitrogens is 2. The summed E-state index contributed by atoms with van der Waals surface area (Å²) < 4.78 is 1.01. The van der Waals surface area contributed by atoms with Gasteiger partial charge in [-0.3, -0.25) is 0 Å². The van der Waals surface area contributed by atoms with Crippen molar-refractivity contribution in [1.82, 2.24) is 9.97 Å². The third-order valence-electron chi connectivity index (χ3n) is 2.25. The Labute approximate surface area is 103 Å². The van der Waals surface area contributed by atoms with Gasteiger partial charge in [0, 0.05) is 16.4 Å². The highest BCUT2D eigenvalue weighted by Gasteiger charge is 2.04. The fourth-order valence-corrected chi connectivity index (χ4v) is 1.98. The van der Waals surface area contributed by atoms with E-state index in [1.54, 1.807) is 6.20 Å². The molecule has 1 heterocycles. The van der Waals surface area contributed by atoms with E-state index in [0.717, 1.165) is 21.4 Å². The lowest BCUT2D eigenvalue weighted by Crippen LogP contribution is -1.99. The number of rotatable bonds is 2. The molecule has 3 nitrogen and oxygen atoms in total. The second-order valence-corrected chi connectivity index (χ2v) is 4.43. The summed E-state index contributed by atoms with van der Waals surface area (Å²) >= 11 is 3.51. The number of para-hydroxylation sites is 1. The molecule has 0 atom stereocenters. The van der Waals surface area contributed by atoms with Crippen LogP contribution in [-0.2, 0) is 0 Å². The number of benzene rings is 1. The largest absolute Gasteiger partial charge is 0.323 e. The molecule has 1 aromatic heterocycles. The summed E-state index contributed by atoms with van der Waals surface area (Å²) in [4.78, 5) is 8.48. The van der Waals surface area contributed by atoms with Crippen LogP contribution in [0.4, 0.5) is 11.6 Å². The van der Waals surface area contributed by atoms with Gasteiger partial charge < -0.3 is 5.32 Å². The summed E-state index contributed by atoms with van der Waals surface area (Å²) in [5.41, 5.74) is 3.11. The third-order valence-corrected chi connectivity index (χ3v) is 2.91. The van der Waals surface area contributed by atoms with Gasteiger partial charge in [0.2, 0.25) is 5.95 Å². The number of halogens is 1. The summed E-state index contributed by atoms with van der Waals surface area (Å²) in [6, 6.07) is 7.91. The van der Waals surface area contributed by atoms with Gasteiger partial charge in [-0.05, 0) is 47.5 Å². The Kier molecular flexibility index (Phi) is 3.19. The van der Waals surface area contributed by atoms with Crippen molar-refractivity contribution in [2.45, 2.75) is 13.8 Å². The maximum Gasteiger partial charge on any atom is 0.227 e. The van der Waals surface area contributed by atoms with Gasteiger partial charge in [-0.25, -0.2) is 9.97 Å². The van der Waals surface area contributed by atoms with Crippen molar-refractivity contribution in [2.24, 2.45) is 0 Å². The maximum atomic E-state index is 4.31. The number of hydrogen-bond donors (Lipinski definition) is 1. The highest BCUT2D eigenvalue weighted by atomic mass is 79.9. The average molecular weight is 278 g/mol. The summed E-state index contributed by atoms with van der Waals surface area (Å²) in [6.45, 7) is 3.99. The SMILES string of the molecule is Cc1ccnc(Nc2c(C)cccc2Br)n1. The molecule has 0 radical (unpaired) electrons. The van der Waals surface area contributed by atoms with Crippen molar-refractivity contribution < 1.29 is 0 Å². The Balaban J connectivity index is 2.34. The topological polar surface area (TPSA) is 37.8 Å². The van der Waals surface area contributed by atoms with Gasteiger partial charge >= 0.3 is 0 Å². The molecule has 2 rings (SSSR count). The van der Waals surface area contributed by atoms with Crippen LogP contribution in [0, 0.1) is 13.8 Å². The van der Waals surface area contributed by atoms with Crippen LogP contribution in [0.2, 0.25) is 0 Å². The molecule has 1 N–H and O–H groups in total. The lowest BCUT2D eigenvalue weighted by atomic mass is 10.2. The van der Waals surface area contributed by atoms with Crippen LogP contribution in [0.25, 0.3) is 0 Å². The number of hydrogen-bond acceptors (Lipinski definition) is 3. The lowest BCUT2D eigenvalue weighted by Gasteiger charge is -2.10. The predicted octanol–water partition coefficient (Wildman–Crippen LogP) is 3.60. The first-order valence-corrected chi connectivity index (χ1v) is 5.78. The molecular formula is C12H12BrN3. The molecule has 0 unspecified atom stereocenters. The fraction of sp³-hybridized carbons (Fsp3) is 0.167. The molecule has 0 amide bonds. The zero-order chi connectivity index (χ0) is 11.5. The van der Waals surface area contributed by atoms with E-state index in [4.69, 9.17) is 0 Å². The van der Waals surface area contributed by atoms with Gasteiger partial charge in [0.15, 0.2) is 0 Å². The molecule has 16 heavy (non-hydrogen) atoms. The van der Waals surface area contributed by atoms with Crippen molar-refractivity contribution in [3.63, 3.8) is 0 Å². The van der Waals surface area contributed by atoms with Crippen LogP contribution in [-0.4, -0.2) is 9.97 Å². The minimum absolute atomic E-state index is 0.620. The molecule has 82 valence electrons. The second kappa shape index (κ2) is 4.61. The first-order valence-electron chi connectivity index (χ1n) is 4.98. The molecule has 0 aliphatic rings. The standard InChI is InChI=1S/C12H12BrN3/c1-8-4-3-5-10(13)11(8)16-12-14-7-6-9(2)15-12/h3-7H,1-2H3,(H,14,15,16). The second-order valence-electron chi connectivity index (χ2n) is 3.58. The zero-order valence-electron chi connectivity index (χ0n) is 9.16. The minimum Gasteiger partial charge on any atom is -0.323 e. The molecule has 0 saturated carbocycles. The Bertz CT molecular complexity index is 491. The summed E-state index contributed by atoms with van der Waals surface area (Å²) in [7, 11) is 0. The molecule has 0 fully saturated rings. The average Bonchev–Trinajstić information content (AvgIpc) is 2.24. The maximum absolute atomic E-state index is 4.31. The molecule has 1 aromatic carbocycles. The Morgan fingerprint density at radius 1 is 1.19 bits per heavy atom. The Hall–Kier alpha value is -1.42. The smallest absolute Gasteiger partial charge is 0.227 e. The molecular weight excluding hydrogens is 266 g/mol. The molecule has 0 aliphatic carbocycles. The number of nitrogens with zero attached hydrogens (tertiary/aromatic N) is 2. The van der Waals surface area contributed by atoms with Crippen LogP contribution in [0.5, 0.6) is 0 Å². The number of nitrogens with one attached hydrogen (secondary N) is 1. The van der Waals surface area contributed by atoms with Crippen LogP contribution >= 0.6 is 15.9 Å². The zero-order valence-corrected chi connectivity index (χ0v) is 10.7. The van der Waals surface area contributed by atoms with Crippen LogP contribution < -0.4 is 5.32 Å². The first kappa shape index (κ1) is 11.1. The van der Waals surface area contributed by atoms with Crippen LogP contribution in [0.3, 0.4) is 0 Å². The van der Waals surface area contributed by atoms with E-state index >= 15 is 0 Å². The van der Waals surface area contributed by atoms with Crippen LogP contribution in [0.15, 0.2) is 34.9 Å². The van der Waals surface area contributed by atoms with E-state index < -0.39 is 0 Å². The summed E-state index contributed by atoms with van der Waals surface area (Å²) in [6.07, 6.45) is 1.75. The lowest BCUT2D eigenvalue weighted by molar-refractivity contribution is 1.10. The normalized spacial score (nSPS) is 10.2. The van der Waals surface area contributed by atoms with Gasteiger partial charge in [0.05, 0.1) is 5.69 Å². The van der Waals surface area contributed by atoms with E-state index in [9.17, 15) is 0 Å². The number of anilines is 2. The molecule has 0 bridgehead atoms. The third kappa shape index (κ3) is 2.39. The van der Waals surface area contributed by atoms with Crippen molar-refractivity contribution in [1.29, 1.82) is 0 Å². The van der Waals surface area contributed by atoms with Gasteiger partial charge in [-0.2, -0.15) is 0 Å². The van der Waals surface area contributed by atoms with Crippen molar-refractivity contribution in [3.05, 3.63) is 46.2 Å². The summed E-state index contributed by atoms with van der Waals surface area (Å²) in [5, 5.41) is 3.21.